The lowest BCUT2D eigenvalue weighted by molar-refractivity contribution is -0.139. The zero-order valence-electron chi connectivity index (χ0n) is 20.7. The highest BCUT2D eigenvalue weighted by molar-refractivity contribution is 5.79. The van der Waals surface area contributed by atoms with Crippen LogP contribution in [0.1, 0.15) is 90.0 Å². The van der Waals surface area contributed by atoms with Crippen LogP contribution in [0.5, 0.6) is 5.75 Å². The van der Waals surface area contributed by atoms with E-state index in [1.807, 2.05) is 0 Å². The Hall–Kier alpha value is -1.55. The van der Waals surface area contributed by atoms with Crippen molar-refractivity contribution in [3.8, 4) is 5.75 Å². The summed E-state index contributed by atoms with van der Waals surface area (Å²) in [6, 6.07) is 9.01. The van der Waals surface area contributed by atoms with Crippen LogP contribution in [-0.2, 0) is 11.3 Å². The molecular formula is C28H44N2O2. The van der Waals surface area contributed by atoms with Gasteiger partial charge in [-0.1, -0.05) is 51.3 Å². The molecule has 0 atom stereocenters. The second-order valence-electron chi connectivity index (χ2n) is 10.8. The third kappa shape index (κ3) is 5.32. The number of benzene rings is 1. The van der Waals surface area contributed by atoms with Gasteiger partial charge in [0, 0.05) is 30.6 Å². The van der Waals surface area contributed by atoms with E-state index in [1.165, 1.54) is 51.5 Å². The van der Waals surface area contributed by atoms with Gasteiger partial charge in [0.1, 0.15) is 11.4 Å². The fourth-order valence-corrected chi connectivity index (χ4v) is 6.42. The average Bonchev–Trinajstić information content (AvgIpc) is 2.97. The van der Waals surface area contributed by atoms with E-state index in [-0.39, 0.29) is 11.5 Å². The number of fused-ring (bicyclic) bond motifs is 1. The number of carbonyl (C=O) groups is 1. The van der Waals surface area contributed by atoms with Crippen LogP contribution in [-0.4, -0.2) is 47.5 Å². The van der Waals surface area contributed by atoms with Gasteiger partial charge < -0.3 is 14.5 Å². The number of para-hydroxylation sites is 1. The number of hydrogen-bond acceptors (Lipinski definition) is 3. The third-order valence-corrected chi connectivity index (χ3v) is 8.55. The SMILES string of the molecule is CCC(CC)C(=O)N1Cc2ccccc2OC2(CCC(N(C)CC3CCCCC3)CC2)C1. The van der Waals surface area contributed by atoms with E-state index in [0.29, 0.717) is 18.5 Å². The second-order valence-corrected chi connectivity index (χ2v) is 10.8. The standard InChI is InChI=1S/C28H44N2O2/c1-4-23(5-2)27(31)30-20-24-13-9-10-14-26(24)32-28(21-30)17-15-25(16-18-28)29(3)19-22-11-7-6-8-12-22/h9-10,13-14,22-23,25H,4-8,11-12,15-21H2,1-3H3. The van der Waals surface area contributed by atoms with Crippen molar-refractivity contribution in [2.45, 2.75) is 103 Å². The summed E-state index contributed by atoms with van der Waals surface area (Å²) in [6.07, 6.45) is 13.3. The molecule has 0 N–H and O–H groups in total. The number of hydrogen-bond donors (Lipinski definition) is 0. The maximum absolute atomic E-state index is 13.4. The number of rotatable bonds is 6. The fraction of sp³-hybridized carbons (Fsp3) is 0.750. The first-order valence-electron chi connectivity index (χ1n) is 13.3. The largest absolute Gasteiger partial charge is 0.485 e. The monoisotopic (exact) mass is 440 g/mol. The molecule has 3 aliphatic rings. The highest BCUT2D eigenvalue weighted by Crippen LogP contribution is 2.40. The van der Waals surface area contributed by atoms with Crippen LogP contribution in [0.3, 0.4) is 0 Å². The van der Waals surface area contributed by atoms with Crippen LogP contribution in [0.25, 0.3) is 0 Å². The molecule has 2 saturated carbocycles. The molecule has 1 aliphatic heterocycles. The molecule has 1 spiro atoms. The van der Waals surface area contributed by atoms with E-state index in [2.05, 4.69) is 55.0 Å². The molecule has 1 aromatic rings. The van der Waals surface area contributed by atoms with Gasteiger partial charge >= 0.3 is 0 Å². The molecule has 4 rings (SSSR count). The molecule has 0 aromatic heterocycles. The van der Waals surface area contributed by atoms with Crippen molar-refractivity contribution in [2.24, 2.45) is 11.8 Å². The maximum Gasteiger partial charge on any atom is 0.226 e. The Kier molecular flexibility index (Phi) is 7.81. The van der Waals surface area contributed by atoms with E-state index in [4.69, 9.17) is 4.74 Å². The molecule has 1 amide bonds. The normalized spacial score (nSPS) is 26.8. The fourth-order valence-electron chi connectivity index (χ4n) is 6.42. The average molecular weight is 441 g/mol. The van der Waals surface area contributed by atoms with Crippen molar-refractivity contribution in [1.29, 1.82) is 0 Å². The minimum absolute atomic E-state index is 0.121. The smallest absolute Gasteiger partial charge is 0.226 e. The Labute approximate surface area is 195 Å². The summed E-state index contributed by atoms with van der Waals surface area (Å²) in [7, 11) is 2.34. The van der Waals surface area contributed by atoms with Gasteiger partial charge in [0.05, 0.1) is 6.54 Å². The van der Waals surface area contributed by atoms with Crippen LogP contribution >= 0.6 is 0 Å². The predicted octanol–water partition coefficient (Wildman–Crippen LogP) is 6.04. The van der Waals surface area contributed by atoms with Gasteiger partial charge in [0.25, 0.3) is 0 Å². The molecular weight excluding hydrogens is 396 g/mol. The minimum Gasteiger partial charge on any atom is -0.485 e. The lowest BCUT2D eigenvalue weighted by atomic mass is 9.80. The van der Waals surface area contributed by atoms with Crippen molar-refractivity contribution < 1.29 is 9.53 Å². The quantitative estimate of drug-likeness (QED) is 0.541. The maximum atomic E-state index is 13.4. The topological polar surface area (TPSA) is 32.8 Å². The molecule has 4 heteroatoms. The van der Waals surface area contributed by atoms with Gasteiger partial charge in [0.15, 0.2) is 0 Å². The van der Waals surface area contributed by atoms with Crippen molar-refractivity contribution >= 4 is 5.91 Å². The molecule has 2 aliphatic carbocycles. The predicted molar refractivity (Wildman–Crippen MR) is 131 cm³/mol. The Morgan fingerprint density at radius 2 is 1.78 bits per heavy atom. The summed E-state index contributed by atoms with van der Waals surface area (Å²) in [5.74, 6) is 2.31. The van der Waals surface area contributed by atoms with E-state index >= 15 is 0 Å². The van der Waals surface area contributed by atoms with Crippen LogP contribution in [0.4, 0.5) is 0 Å². The molecule has 0 unspecified atom stereocenters. The van der Waals surface area contributed by atoms with Crippen LogP contribution < -0.4 is 4.74 Å². The third-order valence-electron chi connectivity index (χ3n) is 8.55. The van der Waals surface area contributed by atoms with Gasteiger partial charge in [-0.15, -0.1) is 0 Å². The van der Waals surface area contributed by atoms with Gasteiger partial charge in [-0.3, -0.25) is 4.79 Å². The number of carbonyl (C=O) groups excluding carboxylic acids is 1. The Morgan fingerprint density at radius 1 is 1.09 bits per heavy atom. The molecule has 32 heavy (non-hydrogen) atoms. The zero-order valence-corrected chi connectivity index (χ0v) is 20.7. The van der Waals surface area contributed by atoms with E-state index < -0.39 is 0 Å². The number of ether oxygens (including phenoxy) is 1. The van der Waals surface area contributed by atoms with Crippen LogP contribution in [0.15, 0.2) is 24.3 Å². The van der Waals surface area contributed by atoms with Crippen LogP contribution in [0.2, 0.25) is 0 Å². The first-order valence-corrected chi connectivity index (χ1v) is 13.3. The molecule has 2 fully saturated rings. The lowest BCUT2D eigenvalue weighted by Gasteiger charge is -2.44. The minimum atomic E-state index is -0.240. The first-order chi connectivity index (χ1) is 15.5. The summed E-state index contributed by atoms with van der Waals surface area (Å²) in [6.45, 7) is 6.93. The molecule has 0 saturated heterocycles. The van der Waals surface area contributed by atoms with E-state index in [9.17, 15) is 4.79 Å². The Balaban J connectivity index is 1.46. The zero-order chi connectivity index (χ0) is 22.6. The highest BCUT2D eigenvalue weighted by atomic mass is 16.5. The van der Waals surface area contributed by atoms with E-state index in [0.717, 1.165) is 49.5 Å². The molecule has 1 heterocycles. The van der Waals surface area contributed by atoms with E-state index in [1.54, 1.807) is 0 Å². The Morgan fingerprint density at radius 3 is 2.47 bits per heavy atom. The summed E-state index contributed by atoms with van der Waals surface area (Å²) < 4.78 is 6.78. The number of amides is 1. The molecule has 4 nitrogen and oxygen atoms in total. The summed E-state index contributed by atoms with van der Waals surface area (Å²) in [4.78, 5) is 18.2. The number of nitrogens with zero attached hydrogens (tertiary/aromatic N) is 2. The summed E-state index contributed by atoms with van der Waals surface area (Å²) in [5.41, 5.74) is 0.913. The van der Waals surface area contributed by atoms with Crippen molar-refractivity contribution in [2.75, 3.05) is 20.1 Å². The van der Waals surface area contributed by atoms with Crippen molar-refractivity contribution in [1.82, 2.24) is 9.80 Å². The molecule has 1 aromatic carbocycles. The van der Waals surface area contributed by atoms with Gasteiger partial charge in [-0.05, 0) is 70.4 Å². The molecule has 0 bridgehead atoms. The highest BCUT2D eigenvalue weighted by Gasteiger charge is 2.43. The van der Waals surface area contributed by atoms with Gasteiger partial charge in [-0.2, -0.15) is 0 Å². The lowest BCUT2D eigenvalue weighted by Crippen LogP contribution is -2.53. The first kappa shape index (κ1) is 23.6. The molecule has 0 radical (unpaired) electrons. The van der Waals surface area contributed by atoms with Gasteiger partial charge in [-0.25, -0.2) is 0 Å². The molecule has 178 valence electrons. The summed E-state index contributed by atoms with van der Waals surface area (Å²) >= 11 is 0. The van der Waals surface area contributed by atoms with Crippen molar-refractivity contribution in [3.05, 3.63) is 29.8 Å². The van der Waals surface area contributed by atoms with Crippen LogP contribution in [0, 0.1) is 11.8 Å². The summed E-state index contributed by atoms with van der Waals surface area (Å²) in [5, 5.41) is 0. The van der Waals surface area contributed by atoms with Crippen molar-refractivity contribution in [3.63, 3.8) is 0 Å². The Bertz CT molecular complexity index is 746. The second kappa shape index (κ2) is 10.6. The van der Waals surface area contributed by atoms with Gasteiger partial charge in [0.2, 0.25) is 5.91 Å².